The normalized spacial score (nSPS) is 15.1. The van der Waals surface area contributed by atoms with Crippen molar-refractivity contribution in [3.63, 3.8) is 0 Å². The molecule has 14 heavy (non-hydrogen) atoms. The monoisotopic (exact) mass is 202 g/mol. The highest BCUT2D eigenvalue weighted by Gasteiger charge is 2.20. The second-order valence-corrected chi connectivity index (χ2v) is 3.57. The first-order valence-corrected chi connectivity index (χ1v) is 5.15. The minimum atomic E-state index is -0.267. The lowest BCUT2D eigenvalue weighted by Crippen LogP contribution is -2.46. The van der Waals surface area contributed by atoms with E-state index in [0.29, 0.717) is 6.61 Å². The third kappa shape index (κ3) is 5.19. The van der Waals surface area contributed by atoms with Crippen molar-refractivity contribution in [1.29, 1.82) is 0 Å². The number of carbonyl (C=O) groups excluding carboxylic acids is 1. The highest BCUT2D eigenvalue weighted by Crippen LogP contribution is 2.06. The number of rotatable bonds is 8. The summed E-state index contributed by atoms with van der Waals surface area (Å²) in [6, 6.07) is -0.211. The largest absolute Gasteiger partial charge is 0.385 e. The van der Waals surface area contributed by atoms with Crippen molar-refractivity contribution >= 4 is 5.91 Å². The van der Waals surface area contributed by atoms with Gasteiger partial charge >= 0.3 is 0 Å². The van der Waals surface area contributed by atoms with Crippen molar-refractivity contribution in [3.8, 4) is 0 Å². The molecule has 0 aromatic rings. The number of methoxy groups -OCH3 is 1. The van der Waals surface area contributed by atoms with Crippen LogP contribution >= 0.6 is 0 Å². The SMILES string of the molecule is CCC(C)C(NCCCOC)C(N)=O. The fraction of sp³-hybridized carbons (Fsp3) is 0.900. The molecule has 0 aliphatic carbocycles. The van der Waals surface area contributed by atoms with Crippen molar-refractivity contribution in [2.75, 3.05) is 20.3 Å². The van der Waals surface area contributed by atoms with Gasteiger partial charge in [0, 0.05) is 13.7 Å². The molecule has 2 atom stereocenters. The molecular weight excluding hydrogens is 180 g/mol. The number of nitrogens with one attached hydrogen (secondary N) is 1. The molecule has 0 bridgehead atoms. The zero-order valence-corrected chi connectivity index (χ0v) is 9.38. The number of primary amides is 1. The molecule has 3 N–H and O–H groups in total. The molecule has 0 aromatic heterocycles. The number of hydrogen-bond donors (Lipinski definition) is 2. The van der Waals surface area contributed by atoms with Crippen LogP contribution in [0, 0.1) is 5.92 Å². The lowest BCUT2D eigenvalue weighted by atomic mass is 9.98. The predicted molar refractivity (Wildman–Crippen MR) is 56.9 cm³/mol. The number of ether oxygens (including phenoxy) is 1. The fourth-order valence-corrected chi connectivity index (χ4v) is 1.29. The zero-order chi connectivity index (χ0) is 11.0. The molecule has 0 heterocycles. The summed E-state index contributed by atoms with van der Waals surface area (Å²) in [5, 5.41) is 3.15. The summed E-state index contributed by atoms with van der Waals surface area (Å²) in [5.41, 5.74) is 5.30. The van der Waals surface area contributed by atoms with Gasteiger partial charge in [-0.3, -0.25) is 4.79 Å². The Balaban J connectivity index is 3.80. The van der Waals surface area contributed by atoms with Gasteiger partial charge in [0.15, 0.2) is 0 Å². The van der Waals surface area contributed by atoms with Gasteiger partial charge in [-0.25, -0.2) is 0 Å². The van der Waals surface area contributed by atoms with E-state index in [1.807, 2.05) is 6.92 Å². The van der Waals surface area contributed by atoms with Crippen molar-refractivity contribution < 1.29 is 9.53 Å². The van der Waals surface area contributed by atoms with E-state index in [9.17, 15) is 4.79 Å². The number of amides is 1. The summed E-state index contributed by atoms with van der Waals surface area (Å²) < 4.78 is 4.91. The zero-order valence-electron chi connectivity index (χ0n) is 9.38. The van der Waals surface area contributed by atoms with Gasteiger partial charge < -0.3 is 15.8 Å². The van der Waals surface area contributed by atoms with Gasteiger partial charge in [-0.2, -0.15) is 0 Å². The van der Waals surface area contributed by atoms with Crippen LogP contribution in [0.5, 0.6) is 0 Å². The average Bonchev–Trinajstić information content (AvgIpc) is 2.16. The van der Waals surface area contributed by atoms with Gasteiger partial charge in [0.2, 0.25) is 5.91 Å². The van der Waals surface area contributed by atoms with Crippen LogP contribution < -0.4 is 11.1 Å². The highest BCUT2D eigenvalue weighted by molar-refractivity contribution is 5.80. The first kappa shape index (κ1) is 13.4. The molecule has 2 unspecified atom stereocenters. The van der Waals surface area contributed by atoms with E-state index in [1.165, 1.54) is 0 Å². The van der Waals surface area contributed by atoms with Crippen molar-refractivity contribution in [2.24, 2.45) is 11.7 Å². The first-order valence-electron chi connectivity index (χ1n) is 5.15. The van der Waals surface area contributed by atoms with E-state index in [1.54, 1.807) is 7.11 Å². The molecule has 0 saturated heterocycles. The second kappa shape index (κ2) is 7.76. The van der Waals surface area contributed by atoms with E-state index in [-0.39, 0.29) is 17.9 Å². The summed E-state index contributed by atoms with van der Waals surface area (Å²) in [4.78, 5) is 11.1. The van der Waals surface area contributed by atoms with Crippen LogP contribution in [0.3, 0.4) is 0 Å². The molecule has 0 radical (unpaired) electrons. The lowest BCUT2D eigenvalue weighted by Gasteiger charge is -2.20. The summed E-state index contributed by atoms with van der Waals surface area (Å²) in [5.74, 6) is 0.0202. The Morgan fingerprint density at radius 3 is 2.64 bits per heavy atom. The van der Waals surface area contributed by atoms with E-state index >= 15 is 0 Å². The van der Waals surface area contributed by atoms with Crippen LogP contribution in [-0.4, -0.2) is 32.2 Å². The average molecular weight is 202 g/mol. The van der Waals surface area contributed by atoms with Crippen LogP contribution in [0.4, 0.5) is 0 Å². The molecule has 0 spiro atoms. The lowest BCUT2D eigenvalue weighted by molar-refractivity contribution is -0.121. The Bertz CT molecular complexity index is 162. The molecule has 0 saturated carbocycles. The topological polar surface area (TPSA) is 64.3 Å². The summed E-state index contributed by atoms with van der Waals surface area (Å²) >= 11 is 0. The fourth-order valence-electron chi connectivity index (χ4n) is 1.29. The Hall–Kier alpha value is -0.610. The maximum atomic E-state index is 11.1. The molecule has 4 heteroatoms. The first-order chi connectivity index (χ1) is 6.63. The van der Waals surface area contributed by atoms with Gasteiger partial charge in [-0.05, 0) is 18.9 Å². The molecule has 84 valence electrons. The Morgan fingerprint density at radius 1 is 1.57 bits per heavy atom. The molecule has 0 aromatic carbocycles. The van der Waals surface area contributed by atoms with Crippen LogP contribution in [0.1, 0.15) is 26.7 Å². The maximum Gasteiger partial charge on any atom is 0.234 e. The smallest absolute Gasteiger partial charge is 0.234 e. The van der Waals surface area contributed by atoms with Crippen molar-refractivity contribution in [3.05, 3.63) is 0 Å². The number of hydrogen-bond acceptors (Lipinski definition) is 3. The summed E-state index contributed by atoms with van der Waals surface area (Å²) in [6.45, 7) is 5.56. The van der Waals surface area contributed by atoms with Gasteiger partial charge in [0.25, 0.3) is 0 Å². The van der Waals surface area contributed by atoms with Crippen LogP contribution in [0.25, 0.3) is 0 Å². The molecule has 0 aliphatic heterocycles. The van der Waals surface area contributed by atoms with Gasteiger partial charge in [-0.1, -0.05) is 20.3 Å². The van der Waals surface area contributed by atoms with Gasteiger partial charge in [0.05, 0.1) is 6.04 Å². The van der Waals surface area contributed by atoms with E-state index < -0.39 is 0 Å². The summed E-state index contributed by atoms with van der Waals surface area (Å²) in [7, 11) is 1.67. The Labute approximate surface area is 86.2 Å². The summed E-state index contributed by atoms with van der Waals surface area (Å²) in [6.07, 6.45) is 1.85. The minimum Gasteiger partial charge on any atom is -0.385 e. The number of nitrogens with two attached hydrogens (primary N) is 1. The standard InChI is InChI=1S/C10H22N2O2/c1-4-8(2)9(10(11)13)12-6-5-7-14-3/h8-9,12H,4-7H2,1-3H3,(H2,11,13). The second-order valence-electron chi connectivity index (χ2n) is 3.57. The molecular formula is C10H22N2O2. The third-order valence-corrected chi connectivity index (χ3v) is 2.41. The quantitative estimate of drug-likeness (QED) is 0.564. The van der Waals surface area contributed by atoms with Crippen LogP contribution in [0.15, 0.2) is 0 Å². The molecule has 0 aliphatic rings. The molecule has 4 nitrogen and oxygen atoms in total. The minimum absolute atomic E-state index is 0.211. The van der Waals surface area contributed by atoms with Crippen LogP contribution in [0.2, 0.25) is 0 Å². The third-order valence-electron chi connectivity index (χ3n) is 2.41. The number of carbonyl (C=O) groups is 1. The highest BCUT2D eigenvalue weighted by atomic mass is 16.5. The Morgan fingerprint density at radius 2 is 2.21 bits per heavy atom. The van der Waals surface area contributed by atoms with Crippen molar-refractivity contribution in [1.82, 2.24) is 5.32 Å². The van der Waals surface area contributed by atoms with E-state index in [4.69, 9.17) is 10.5 Å². The molecule has 0 fully saturated rings. The van der Waals surface area contributed by atoms with Crippen LogP contribution in [-0.2, 0) is 9.53 Å². The van der Waals surface area contributed by atoms with E-state index in [0.717, 1.165) is 19.4 Å². The van der Waals surface area contributed by atoms with E-state index in [2.05, 4.69) is 12.2 Å². The molecule has 1 amide bonds. The van der Waals surface area contributed by atoms with Gasteiger partial charge in [-0.15, -0.1) is 0 Å². The molecule has 0 rings (SSSR count). The maximum absolute atomic E-state index is 11.1. The Kier molecular flexibility index (Phi) is 7.42. The predicted octanol–water partition coefficient (Wildman–Crippen LogP) is 0.513. The van der Waals surface area contributed by atoms with Crippen molar-refractivity contribution in [2.45, 2.75) is 32.7 Å². The van der Waals surface area contributed by atoms with Gasteiger partial charge in [0.1, 0.15) is 0 Å².